The van der Waals surface area contributed by atoms with Gasteiger partial charge in [0.1, 0.15) is 6.04 Å². The molecule has 0 fully saturated rings. The lowest BCUT2D eigenvalue weighted by Gasteiger charge is -2.18. The van der Waals surface area contributed by atoms with Crippen molar-refractivity contribution in [3.05, 3.63) is 29.8 Å². The fraction of sp³-hybridized carbons (Fsp3) is 0.556. The summed E-state index contributed by atoms with van der Waals surface area (Å²) in [6.45, 7) is 6.21. The van der Waals surface area contributed by atoms with E-state index in [1.54, 1.807) is 6.92 Å². The van der Waals surface area contributed by atoms with Crippen LogP contribution in [0.3, 0.4) is 0 Å². The van der Waals surface area contributed by atoms with Gasteiger partial charge in [0.15, 0.2) is 0 Å². The van der Waals surface area contributed by atoms with Crippen LogP contribution in [0.1, 0.15) is 52.0 Å². The van der Waals surface area contributed by atoms with E-state index in [1.807, 2.05) is 31.2 Å². The molecule has 1 aromatic carbocycles. The maximum atomic E-state index is 12.2. The van der Waals surface area contributed by atoms with Gasteiger partial charge in [-0.2, -0.15) is 0 Å². The van der Waals surface area contributed by atoms with E-state index < -0.39 is 6.04 Å². The second-order valence-corrected chi connectivity index (χ2v) is 5.45. The van der Waals surface area contributed by atoms with Crippen molar-refractivity contribution in [3.63, 3.8) is 0 Å². The van der Waals surface area contributed by atoms with Crippen molar-refractivity contribution in [1.82, 2.24) is 5.32 Å². The molecule has 0 heterocycles. The number of benzene rings is 1. The number of aryl methyl sites for hydroxylation is 1. The van der Waals surface area contributed by atoms with Crippen LogP contribution in [0.15, 0.2) is 24.3 Å². The SMILES string of the molecule is CCCCC(NC(=O)Nc1ccccc1CCC)C(=O)OCC. The van der Waals surface area contributed by atoms with Crippen LogP contribution in [0.2, 0.25) is 0 Å². The number of anilines is 1. The second-order valence-electron chi connectivity index (χ2n) is 5.45. The number of esters is 1. The van der Waals surface area contributed by atoms with Gasteiger partial charge in [0.05, 0.1) is 6.61 Å². The van der Waals surface area contributed by atoms with Crippen molar-refractivity contribution in [2.24, 2.45) is 0 Å². The zero-order valence-electron chi connectivity index (χ0n) is 14.4. The summed E-state index contributed by atoms with van der Waals surface area (Å²) in [7, 11) is 0. The normalized spacial score (nSPS) is 11.6. The standard InChI is InChI=1S/C18H28N2O3/c1-4-7-12-16(17(21)23-6-3)20-18(22)19-15-13-9-8-11-14(15)10-5-2/h8-9,11,13,16H,4-7,10,12H2,1-3H3,(H2,19,20,22). The lowest BCUT2D eigenvalue weighted by molar-refractivity contribution is -0.145. The first kappa shape index (κ1) is 19.0. The Kier molecular flexibility index (Phi) is 8.80. The molecule has 23 heavy (non-hydrogen) atoms. The molecule has 2 amide bonds. The number of rotatable bonds is 9. The highest BCUT2D eigenvalue weighted by Gasteiger charge is 2.21. The Bertz CT molecular complexity index is 503. The van der Waals surface area contributed by atoms with Gasteiger partial charge >= 0.3 is 12.0 Å². The molecule has 0 aliphatic heterocycles. The van der Waals surface area contributed by atoms with Crippen LogP contribution < -0.4 is 10.6 Å². The molecule has 1 aromatic rings. The van der Waals surface area contributed by atoms with E-state index in [2.05, 4.69) is 17.6 Å². The minimum absolute atomic E-state index is 0.310. The van der Waals surface area contributed by atoms with Crippen molar-refractivity contribution in [2.75, 3.05) is 11.9 Å². The number of hydrogen-bond donors (Lipinski definition) is 2. The van der Waals surface area contributed by atoms with E-state index in [0.29, 0.717) is 13.0 Å². The van der Waals surface area contributed by atoms with Gasteiger partial charge in [-0.15, -0.1) is 0 Å². The van der Waals surface area contributed by atoms with Crippen LogP contribution >= 0.6 is 0 Å². The fourth-order valence-electron chi connectivity index (χ4n) is 2.35. The third kappa shape index (κ3) is 6.72. The number of unbranched alkanes of at least 4 members (excludes halogenated alkanes) is 1. The first-order chi connectivity index (χ1) is 11.1. The number of para-hydroxylation sites is 1. The van der Waals surface area contributed by atoms with E-state index in [0.717, 1.165) is 36.9 Å². The largest absolute Gasteiger partial charge is 0.464 e. The van der Waals surface area contributed by atoms with E-state index in [9.17, 15) is 9.59 Å². The molecule has 1 atom stereocenters. The quantitative estimate of drug-likeness (QED) is 0.678. The Morgan fingerprint density at radius 2 is 1.87 bits per heavy atom. The second kappa shape index (κ2) is 10.6. The van der Waals surface area contributed by atoms with Crippen molar-refractivity contribution in [1.29, 1.82) is 0 Å². The molecule has 5 heteroatoms. The van der Waals surface area contributed by atoms with E-state index in [-0.39, 0.29) is 12.0 Å². The highest BCUT2D eigenvalue weighted by atomic mass is 16.5. The monoisotopic (exact) mass is 320 g/mol. The molecule has 1 unspecified atom stereocenters. The van der Waals surface area contributed by atoms with E-state index in [4.69, 9.17) is 4.74 Å². The molecule has 0 aromatic heterocycles. The summed E-state index contributed by atoms with van der Waals surface area (Å²) in [5, 5.41) is 5.57. The lowest BCUT2D eigenvalue weighted by atomic mass is 10.1. The minimum Gasteiger partial charge on any atom is -0.464 e. The highest BCUT2D eigenvalue weighted by molar-refractivity contribution is 5.93. The van der Waals surface area contributed by atoms with Crippen molar-refractivity contribution < 1.29 is 14.3 Å². The fourth-order valence-corrected chi connectivity index (χ4v) is 2.35. The van der Waals surface area contributed by atoms with E-state index in [1.165, 1.54) is 0 Å². The average molecular weight is 320 g/mol. The molecular formula is C18H28N2O3. The van der Waals surface area contributed by atoms with Crippen molar-refractivity contribution in [2.45, 2.75) is 58.9 Å². The van der Waals surface area contributed by atoms with Crippen molar-refractivity contribution in [3.8, 4) is 0 Å². The third-order valence-corrected chi connectivity index (χ3v) is 3.51. The molecule has 128 valence electrons. The van der Waals surface area contributed by atoms with Crippen LogP contribution in [-0.2, 0) is 16.0 Å². The van der Waals surface area contributed by atoms with Gasteiger partial charge < -0.3 is 15.4 Å². The minimum atomic E-state index is -0.603. The molecule has 0 spiro atoms. The predicted octanol–water partition coefficient (Wildman–Crippen LogP) is 3.88. The summed E-state index contributed by atoms with van der Waals surface area (Å²) in [5.41, 5.74) is 1.87. The van der Waals surface area contributed by atoms with Crippen LogP contribution in [0.4, 0.5) is 10.5 Å². The summed E-state index contributed by atoms with van der Waals surface area (Å²) < 4.78 is 5.03. The number of ether oxygens (including phenoxy) is 1. The van der Waals surface area contributed by atoms with Gasteiger partial charge in [-0.25, -0.2) is 9.59 Å². The van der Waals surface area contributed by atoms with Crippen LogP contribution in [-0.4, -0.2) is 24.6 Å². The number of amides is 2. The molecule has 0 radical (unpaired) electrons. The Morgan fingerprint density at radius 3 is 2.52 bits per heavy atom. The summed E-state index contributed by atoms with van der Waals surface area (Å²) in [4.78, 5) is 24.2. The molecule has 2 N–H and O–H groups in total. The number of urea groups is 1. The third-order valence-electron chi connectivity index (χ3n) is 3.51. The molecule has 5 nitrogen and oxygen atoms in total. The number of hydrogen-bond acceptors (Lipinski definition) is 3. The lowest BCUT2D eigenvalue weighted by Crippen LogP contribution is -2.44. The first-order valence-corrected chi connectivity index (χ1v) is 8.44. The zero-order chi connectivity index (χ0) is 17.1. The summed E-state index contributed by atoms with van der Waals surface area (Å²) >= 11 is 0. The van der Waals surface area contributed by atoms with Crippen LogP contribution in [0, 0.1) is 0 Å². The molecule has 0 bridgehead atoms. The highest BCUT2D eigenvalue weighted by Crippen LogP contribution is 2.16. The maximum Gasteiger partial charge on any atom is 0.328 e. The van der Waals surface area contributed by atoms with Gasteiger partial charge in [-0.05, 0) is 31.4 Å². The maximum absolute atomic E-state index is 12.2. The zero-order valence-corrected chi connectivity index (χ0v) is 14.4. The number of nitrogens with one attached hydrogen (secondary N) is 2. The Balaban J connectivity index is 2.69. The predicted molar refractivity (Wildman–Crippen MR) is 92.5 cm³/mol. The van der Waals surface area contributed by atoms with E-state index >= 15 is 0 Å². The van der Waals surface area contributed by atoms with Crippen LogP contribution in [0.5, 0.6) is 0 Å². The smallest absolute Gasteiger partial charge is 0.328 e. The van der Waals surface area contributed by atoms with Crippen molar-refractivity contribution >= 4 is 17.7 Å². The molecule has 0 aliphatic rings. The Labute approximate surface area is 138 Å². The van der Waals surface area contributed by atoms with Gasteiger partial charge in [0.2, 0.25) is 0 Å². The molecule has 1 rings (SSSR count). The van der Waals surface area contributed by atoms with Gasteiger partial charge in [-0.3, -0.25) is 0 Å². The number of carbonyl (C=O) groups is 2. The summed E-state index contributed by atoms with van der Waals surface area (Å²) in [5.74, 6) is -0.377. The number of carbonyl (C=O) groups excluding carboxylic acids is 2. The summed E-state index contributed by atoms with van der Waals surface area (Å²) in [6.07, 6.45) is 4.30. The topological polar surface area (TPSA) is 67.4 Å². The molecule has 0 saturated heterocycles. The molecular weight excluding hydrogens is 292 g/mol. The van der Waals surface area contributed by atoms with Gasteiger partial charge in [0.25, 0.3) is 0 Å². The van der Waals surface area contributed by atoms with Crippen LogP contribution in [0.25, 0.3) is 0 Å². The van der Waals surface area contributed by atoms with Gasteiger partial charge in [0, 0.05) is 5.69 Å². The summed E-state index contributed by atoms with van der Waals surface area (Å²) in [6, 6.07) is 6.73. The Morgan fingerprint density at radius 1 is 1.13 bits per heavy atom. The first-order valence-electron chi connectivity index (χ1n) is 8.44. The molecule has 0 saturated carbocycles. The average Bonchev–Trinajstić information content (AvgIpc) is 2.53. The van der Waals surface area contributed by atoms with Gasteiger partial charge in [-0.1, -0.05) is 51.3 Å². The molecule has 0 aliphatic carbocycles. The Hall–Kier alpha value is -2.04.